The Morgan fingerprint density at radius 3 is 2.67 bits per heavy atom. The molecule has 76 valence electrons. The molecule has 0 atom stereocenters. The molecule has 1 heterocycles. The molecule has 15 heavy (non-hydrogen) atoms. The number of aromatic nitrogens is 2. The number of hydrogen-bond donors (Lipinski definition) is 1. The second kappa shape index (κ2) is 3.78. The Hall–Kier alpha value is -1.75. The lowest BCUT2D eigenvalue weighted by atomic mass is 10.1. The number of rotatable bonds is 2. The minimum atomic E-state index is -1.03. The van der Waals surface area contributed by atoms with Gasteiger partial charge in [-0.25, -0.2) is 4.79 Å². The van der Waals surface area contributed by atoms with E-state index in [-0.39, 0.29) is 5.01 Å². The average Bonchev–Trinajstić information content (AvgIpc) is 2.67. The normalized spacial score (nSPS) is 10.2. The zero-order valence-electron chi connectivity index (χ0n) is 7.97. The summed E-state index contributed by atoms with van der Waals surface area (Å²) in [6.07, 6.45) is 0. The molecule has 1 aromatic carbocycles. The second-order valence-corrected chi connectivity index (χ2v) is 4.01. The first kappa shape index (κ1) is 9.79. The summed E-state index contributed by atoms with van der Waals surface area (Å²) in [5, 5.41) is 16.8. The fraction of sp³-hybridized carbons (Fsp3) is 0.100. The van der Waals surface area contributed by atoms with E-state index < -0.39 is 5.97 Å². The Morgan fingerprint density at radius 2 is 2.07 bits per heavy atom. The SMILES string of the molecule is Cc1ccccc1-c1nnc(C(=O)O)s1. The smallest absolute Gasteiger partial charge is 0.367 e. The molecular weight excluding hydrogens is 212 g/mol. The standard InChI is InChI=1S/C10H8N2O2S/c1-6-4-2-3-5-7(6)8-11-12-9(15-8)10(13)14/h2-5H,1H3,(H,13,14). The summed E-state index contributed by atoms with van der Waals surface area (Å²) < 4.78 is 0. The molecule has 0 radical (unpaired) electrons. The molecule has 1 N–H and O–H groups in total. The van der Waals surface area contributed by atoms with Crippen molar-refractivity contribution >= 4 is 17.3 Å². The van der Waals surface area contributed by atoms with E-state index in [0.717, 1.165) is 22.5 Å². The van der Waals surface area contributed by atoms with Gasteiger partial charge in [0.25, 0.3) is 0 Å². The van der Waals surface area contributed by atoms with Crippen molar-refractivity contribution < 1.29 is 9.90 Å². The molecule has 2 aromatic rings. The summed E-state index contributed by atoms with van der Waals surface area (Å²) in [7, 11) is 0. The van der Waals surface area contributed by atoms with E-state index >= 15 is 0 Å². The molecule has 0 amide bonds. The summed E-state index contributed by atoms with van der Waals surface area (Å²) in [5.74, 6) is -1.03. The van der Waals surface area contributed by atoms with Crippen LogP contribution in [0.1, 0.15) is 15.4 Å². The van der Waals surface area contributed by atoms with Gasteiger partial charge in [0, 0.05) is 5.56 Å². The molecule has 5 heteroatoms. The summed E-state index contributed by atoms with van der Waals surface area (Å²) >= 11 is 1.09. The molecule has 0 spiro atoms. The van der Waals surface area contributed by atoms with Crippen LogP contribution in [0.25, 0.3) is 10.6 Å². The summed E-state index contributed by atoms with van der Waals surface area (Å²) in [5.41, 5.74) is 1.99. The van der Waals surface area contributed by atoms with E-state index in [1.165, 1.54) is 0 Å². The van der Waals surface area contributed by atoms with Crippen molar-refractivity contribution in [3.05, 3.63) is 34.8 Å². The highest BCUT2D eigenvalue weighted by atomic mass is 32.1. The molecule has 4 nitrogen and oxygen atoms in total. The van der Waals surface area contributed by atoms with Crippen molar-refractivity contribution in [1.29, 1.82) is 0 Å². The van der Waals surface area contributed by atoms with Crippen LogP contribution < -0.4 is 0 Å². The minimum Gasteiger partial charge on any atom is -0.476 e. The van der Waals surface area contributed by atoms with Gasteiger partial charge in [-0.2, -0.15) is 0 Å². The van der Waals surface area contributed by atoms with E-state index in [2.05, 4.69) is 10.2 Å². The first-order valence-corrected chi connectivity index (χ1v) is 5.13. The maximum Gasteiger partial charge on any atom is 0.367 e. The summed E-state index contributed by atoms with van der Waals surface area (Å²) in [4.78, 5) is 10.6. The average molecular weight is 220 g/mol. The minimum absolute atomic E-state index is 0.0215. The molecule has 0 aliphatic carbocycles. The van der Waals surface area contributed by atoms with E-state index in [9.17, 15) is 4.79 Å². The second-order valence-electron chi connectivity index (χ2n) is 3.03. The van der Waals surface area contributed by atoms with Gasteiger partial charge in [0.1, 0.15) is 5.01 Å². The van der Waals surface area contributed by atoms with E-state index in [0.29, 0.717) is 5.01 Å². The van der Waals surface area contributed by atoms with Crippen LogP contribution in [0, 0.1) is 6.92 Å². The lowest BCUT2D eigenvalue weighted by molar-refractivity contribution is 0.0695. The highest BCUT2D eigenvalue weighted by molar-refractivity contribution is 7.16. The van der Waals surface area contributed by atoms with Gasteiger partial charge in [-0.15, -0.1) is 10.2 Å². The van der Waals surface area contributed by atoms with Gasteiger partial charge in [-0.3, -0.25) is 0 Å². The number of aromatic carboxylic acids is 1. The third kappa shape index (κ3) is 1.87. The Balaban J connectivity index is 2.46. The fourth-order valence-corrected chi connectivity index (χ4v) is 2.00. The van der Waals surface area contributed by atoms with Crippen LogP contribution >= 0.6 is 11.3 Å². The number of hydrogen-bond acceptors (Lipinski definition) is 4. The Morgan fingerprint density at radius 1 is 1.33 bits per heavy atom. The Kier molecular flexibility index (Phi) is 2.47. The zero-order chi connectivity index (χ0) is 10.8. The number of carboxylic acids is 1. The topological polar surface area (TPSA) is 63.1 Å². The van der Waals surface area contributed by atoms with Gasteiger partial charge in [0.2, 0.25) is 5.01 Å². The van der Waals surface area contributed by atoms with Crippen LogP contribution in [0.15, 0.2) is 24.3 Å². The van der Waals surface area contributed by atoms with Crippen molar-refractivity contribution in [3.63, 3.8) is 0 Å². The quantitative estimate of drug-likeness (QED) is 0.842. The van der Waals surface area contributed by atoms with Crippen LogP contribution in [0.3, 0.4) is 0 Å². The molecule has 0 saturated carbocycles. The van der Waals surface area contributed by atoms with Gasteiger partial charge < -0.3 is 5.11 Å². The molecule has 0 saturated heterocycles. The fourth-order valence-electron chi connectivity index (χ4n) is 1.23. The van der Waals surface area contributed by atoms with Gasteiger partial charge in [0.15, 0.2) is 0 Å². The molecule has 0 fully saturated rings. The van der Waals surface area contributed by atoms with Gasteiger partial charge >= 0.3 is 5.97 Å². The predicted octanol–water partition coefficient (Wildman–Crippen LogP) is 2.21. The number of carboxylic acid groups (broad SMARTS) is 1. The molecule has 0 bridgehead atoms. The van der Waals surface area contributed by atoms with Crippen molar-refractivity contribution in [1.82, 2.24) is 10.2 Å². The first-order chi connectivity index (χ1) is 7.18. The van der Waals surface area contributed by atoms with Gasteiger partial charge in [-0.05, 0) is 12.5 Å². The van der Waals surface area contributed by atoms with E-state index in [1.54, 1.807) is 0 Å². The molecular formula is C10H8N2O2S. The van der Waals surface area contributed by atoms with Crippen LogP contribution in [-0.4, -0.2) is 21.3 Å². The highest BCUT2D eigenvalue weighted by Crippen LogP contribution is 2.25. The lowest BCUT2D eigenvalue weighted by Crippen LogP contribution is -1.93. The summed E-state index contributed by atoms with van der Waals surface area (Å²) in [6, 6.07) is 7.68. The van der Waals surface area contributed by atoms with Crippen molar-refractivity contribution in [2.24, 2.45) is 0 Å². The predicted molar refractivity (Wildman–Crippen MR) is 57.0 cm³/mol. The lowest BCUT2D eigenvalue weighted by Gasteiger charge is -1.98. The van der Waals surface area contributed by atoms with Crippen LogP contribution in [0.4, 0.5) is 0 Å². The summed E-state index contributed by atoms with van der Waals surface area (Å²) in [6.45, 7) is 1.96. The molecule has 2 rings (SSSR count). The largest absolute Gasteiger partial charge is 0.476 e. The van der Waals surface area contributed by atoms with E-state index in [4.69, 9.17) is 5.11 Å². The maximum absolute atomic E-state index is 10.6. The number of nitrogens with zero attached hydrogens (tertiary/aromatic N) is 2. The molecule has 0 aliphatic rings. The van der Waals surface area contributed by atoms with Crippen LogP contribution in [0.5, 0.6) is 0 Å². The number of aryl methyl sites for hydroxylation is 1. The Labute approximate surface area is 90.2 Å². The molecule has 0 unspecified atom stereocenters. The number of carbonyl (C=O) groups is 1. The van der Waals surface area contributed by atoms with Crippen LogP contribution in [-0.2, 0) is 0 Å². The monoisotopic (exact) mass is 220 g/mol. The van der Waals surface area contributed by atoms with E-state index in [1.807, 2.05) is 31.2 Å². The van der Waals surface area contributed by atoms with Gasteiger partial charge in [-0.1, -0.05) is 35.6 Å². The third-order valence-corrected chi connectivity index (χ3v) is 2.93. The van der Waals surface area contributed by atoms with Crippen molar-refractivity contribution in [3.8, 4) is 10.6 Å². The number of benzene rings is 1. The first-order valence-electron chi connectivity index (χ1n) is 4.31. The molecule has 1 aromatic heterocycles. The Bertz CT molecular complexity index is 508. The highest BCUT2D eigenvalue weighted by Gasteiger charge is 2.12. The zero-order valence-corrected chi connectivity index (χ0v) is 8.78. The maximum atomic E-state index is 10.6. The molecule has 0 aliphatic heterocycles. The van der Waals surface area contributed by atoms with Gasteiger partial charge in [0.05, 0.1) is 0 Å². The third-order valence-electron chi connectivity index (χ3n) is 1.98. The van der Waals surface area contributed by atoms with Crippen molar-refractivity contribution in [2.45, 2.75) is 6.92 Å². The van der Waals surface area contributed by atoms with Crippen molar-refractivity contribution in [2.75, 3.05) is 0 Å². The van der Waals surface area contributed by atoms with Crippen LogP contribution in [0.2, 0.25) is 0 Å².